The Labute approximate surface area is 158 Å². The summed E-state index contributed by atoms with van der Waals surface area (Å²) < 4.78 is 0. The molecule has 1 aromatic heterocycles. The van der Waals surface area contributed by atoms with Crippen molar-refractivity contribution in [3.8, 4) is 11.3 Å². The Hall–Kier alpha value is -1.56. The van der Waals surface area contributed by atoms with E-state index in [1.807, 2.05) is 29.2 Å². The first-order valence-corrected chi connectivity index (χ1v) is 8.85. The van der Waals surface area contributed by atoms with E-state index in [0.717, 1.165) is 44.6 Å². The van der Waals surface area contributed by atoms with Crippen molar-refractivity contribution < 1.29 is 4.79 Å². The van der Waals surface area contributed by atoms with Crippen LogP contribution in [0, 0.1) is 5.41 Å². The molecule has 2 N–H and O–H groups in total. The third-order valence-corrected chi connectivity index (χ3v) is 5.79. The Morgan fingerprint density at radius 1 is 1.20 bits per heavy atom. The van der Waals surface area contributed by atoms with Gasteiger partial charge in [0.1, 0.15) is 0 Å². The van der Waals surface area contributed by atoms with Gasteiger partial charge in [-0.1, -0.05) is 29.8 Å². The number of carbonyl (C=O) groups excluding carboxylic acids is 1. The molecular weight excluding hydrogens is 359 g/mol. The lowest BCUT2D eigenvalue weighted by Gasteiger charge is -2.38. The zero-order chi connectivity index (χ0) is 16.6. The smallest absolute Gasteiger partial charge is 0.257 e. The van der Waals surface area contributed by atoms with Crippen LogP contribution in [-0.4, -0.2) is 47.2 Å². The number of aromatic nitrogens is 2. The quantitative estimate of drug-likeness (QED) is 0.839. The molecule has 2 aliphatic rings. The molecule has 5 nitrogen and oxygen atoms in total. The molecule has 0 bridgehead atoms. The second-order valence-electron chi connectivity index (χ2n) is 6.86. The highest BCUT2D eigenvalue weighted by molar-refractivity contribution is 6.33. The predicted molar refractivity (Wildman–Crippen MR) is 101 cm³/mol. The zero-order valence-corrected chi connectivity index (χ0v) is 15.5. The highest BCUT2D eigenvalue weighted by atomic mass is 35.5. The molecule has 2 aromatic rings. The fraction of sp³-hybridized carbons (Fsp3) is 0.444. The first-order valence-electron chi connectivity index (χ1n) is 8.47. The molecule has 1 amide bonds. The monoisotopic (exact) mass is 380 g/mol. The lowest BCUT2D eigenvalue weighted by Crippen LogP contribution is -2.44. The summed E-state index contributed by atoms with van der Waals surface area (Å²) in [6, 6.07) is 7.52. The number of carbonyl (C=O) groups is 1. The Kier molecular flexibility index (Phi) is 5.37. The van der Waals surface area contributed by atoms with Gasteiger partial charge in [-0.2, -0.15) is 5.10 Å². The topological polar surface area (TPSA) is 61.0 Å². The molecule has 4 rings (SSSR count). The number of halogens is 2. The van der Waals surface area contributed by atoms with E-state index in [-0.39, 0.29) is 18.3 Å². The fourth-order valence-corrected chi connectivity index (χ4v) is 4.12. The number of hydrogen-bond acceptors (Lipinski definition) is 3. The Balaban J connectivity index is 0.00000182. The van der Waals surface area contributed by atoms with Crippen molar-refractivity contribution in [2.24, 2.45) is 5.41 Å². The number of nitrogens with zero attached hydrogens (tertiary/aromatic N) is 2. The summed E-state index contributed by atoms with van der Waals surface area (Å²) in [5.74, 6) is 0.0412. The van der Waals surface area contributed by atoms with E-state index >= 15 is 0 Å². The van der Waals surface area contributed by atoms with Gasteiger partial charge < -0.3 is 10.2 Å². The summed E-state index contributed by atoms with van der Waals surface area (Å²) in [5.41, 5.74) is 2.52. The number of amides is 1. The van der Waals surface area contributed by atoms with Crippen molar-refractivity contribution in [2.75, 3.05) is 26.2 Å². The van der Waals surface area contributed by atoms with Crippen molar-refractivity contribution in [1.29, 1.82) is 0 Å². The summed E-state index contributed by atoms with van der Waals surface area (Å²) >= 11 is 6.28. The Morgan fingerprint density at radius 3 is 2.64 bits per heavy atom. The number of aromatic amines is 1. The second-order valence-corrected chi connectivity index (χ2v) is 7.26. The number of likely N-dealkylation sites (tertiary alicyclic amines) is 1. The standard InChI is InChI=1S/C18H21ClN4O.ClH/c19-15-4-2-1-3-13(15)16-14(11-21-22-16)17(24)23-9-6-18(7-10-23)5-8-20-12-18;/h1-4,11,20H,5-10,12H2,(H,21,22);1H. The second kappa shape index (κ2) is 7.36. The largest absolute Gasteiger partial charge is 0.338 e. The van der Waals surface area contributed by atoms with Crippen LogP contribution >= 0.6 is 24.0 Å². The Morgan fingerprint density at radius 2 is 1.96 bits per heavy atom. The van der Waals surface area contributed by atoms with E-state index < -0.39 is 0 Å². The molecule has 3 heterocycles. The van der Waals surface area contributed by atoms with E-state index in [1.165, 1.54) is 6.42 Å². The van der Waals surface area contributed by atoms with Gasteiger partial charge in [0.25, 0.3) is 5.91 Å². The molecule has 134 valence electrons. The van der Waals surface area contributed by atoms with Crippen LogP contribution in [0.3, 0.4) is 0 Å². The molecule has 1 aromatic carbocycles. The van der Waals surface area contributed by atoms with Gasteiger partial charge in [-0.25, -0.2) is 0 Å². The van der Waals surface area contributed by atoms with Gasteiger partial charge in [-0.05, 0) is 37.3 Å². The maximum atomic E-state index is 13.0. The number of rotatable bonds is 2. The summed E-state index contributed by atoms with van der Waals surface area (Å²) in [6.45, 7) is 3.82. The number of benzene rings is 1. The van der Waals surface area contributed by atoms with E-state index in [0.29, 0.717) is 21.7 Å². The molecule has 0 radical (unpaired) electrons. The molecule has 1 spiro atoms. The maximum Gasteiger partial charge on any atom is 0.257 e. The minimum absolute atomic E-state index is 0. The lowest BCUT2D eigenvalue weighted by atomic mass is 9.78. The number of hydrogen-bond donors (Lipinski definition) is 2. The normalized spacial score (nSPS) is 19.0. The van der Waals surface area contributed by atoms with E-state index in [9.17, 15) is 4.79 Å². The van der Waals surface area contributed by atoms with Crippen molar-refractivity contribution in [3.05, 3.63) is 41.0 Å². The van der Waals surface area contributed by atoms with Crippen LogP contribution in [0.2, 0.25) is 5.02 Å². The summed E-state index contributed by atoms with van der Waals surface area (Å²) in [5, 5.41) is 11.1. The van der Waals surface area contributed by atoms with Crippen molar-refractivity contribution in [3.63, 3.8) is 0 Å². The molecule has 25 heavy (non-hydrogen) atoms. The van der Waals surface area contributed by atoms with Crippen LogP contribution in [0.15, 0.2) is 30.5 Å². The molecule has 2 fully saturated rings. The van der Waals surface area contributed by atoms with Gasteiger partial charge in [0.2, 0.25) is 0 Å². The predicted octanol–water partition coefficient (Wildman–Crippen LogP) is 3.37. The van der Waals surface area contributed by atoms with E-state index in [2.05, 4.69) is 15.5 Å². The van der Waals surface area contributed by atoms with Gasteiger partial charge in [0.15, 0.2) is 0 Å². The minimum atomic E-state index is 0. The number of piperidine rings is 1. The van der Waals surface area contributed by atoms with Gasteiger partial charge in [0.05, 0.1) is 17.5 Å². The number of nitrogens with one attached hydrogen (secondary N) is 2. The molecular formula is C18H22Cl2N4O. The fourth-order valence-electron chi connectivity index (χ4n) is 3.89. The minimum Gasteiger partial charge on any atom is -0.338 e. The van der Waals surface area contributed by atoms with Crippen molar-refractivity contribution in [2.45, 2.75) is 19.3 Å². The zero-order valence-electron chi connectivity index (χ0n) is 13.9. The van der Waals surface area contributed by atoms with Crippen molar-refractivity contribution in [1.82, 2.24) is 20.4 Å². The first-order chi connectivity index (χ1) is 11.7. The molecule has 2 saturated heterocycles. The van der Waals surface area contributed by atoms with Crippen LogP contribution in [0.1, 0.15) is 29.6 Å². The first kappa shape index (κ1) is 18.2. The Bertz CT molecular complexity index is 745. The molecule has 0 aliphatic carbocycles. The highest BCUT2D eigenvalue weighted by Gasteiger charge is 2.38. The maximum absolute atomic E-state index is 13.0. The van der Waals surface area contributed by atoms with Crippen LogP contribution in [0.4, 0.5) is 0 Å². The van der Waals surface area contributed by atoms with E-state index in [4.69, 9.17) is 11.6 Å². The summed E-state index contributed by atoms with van der Waals surface area (Å²) in [7, 11) is 0. The molecule has 0 unspecified atom stereocenters. The third kappa shape index (κ3) is 3.41. The number of H-pyrrole nitrogens is 1. The molecule has 7 heteroatoms. The van der Waals surface area contributed by atoms with Gasteiger partial charge >= 0.3 is 0 Å². The summed E-state index contributed by atoms with van der Waals surface area (Å²) in [4.78, 5) is 14.9. The third-order valence-electron chi connectivity index (χ3n) is 5.46. The van der Waals surface area contributed by atoms with E-state index in [1.54, 1.807) is 6.20 Å². The average Bonchev–Trinajstić information content (AvgIpc) is 3.25. The molecule has 0 saturated carbocycles. The SMILES string of the molecule is Cl.O=C(c1cn[nH]c1-c1ccccc1Cl)N1CCC2(CCNC2)CC1. The van der Waals surface area contributed by atoms with Gasteiger partial charge in [-0.15, -0.1) is 12.4 Å². The molecule has 2 aliphatic heterocycles. The average molecular weight is 381 g/mol. The van der Waals surface area contributed by atoms with Crippen LogP contribution in [0.25, 0.3) is 11.3 Å². The van der Waals surface area contributed by atoms with Crippen LogP contribution in [0.5, 0.6) is 0 Å². The highest BCUT2D eigenvalue weighted by Crippen LogP contribution is 2.37. The van der Waals surface area contributed by atoms with Crippen LogP contribution < -0.4 is 5.32 Å². The van der Waals surface area contributed by atoms with Gasteiger partial charge in [-0.3, -0.25) is 9.89 Å². The lowest BCUT2D eigenvalue weighted by molar-refractivity contribution is 0.0608. The van der Waals surface area contributed by atoms with Gasteiger partial charge in [0, 0.05) is 30.2 Å². The van der Waals surface area contributed by atoms with Crippen LogP contribution in [-0.2, 0) is 0 Å². The van der Waals surface area contributed by atoms with Crippen molar-refractivity contribution >= 4 is 29.9 Å². The molecule has 0 atom stereocenters. The summed E-state index contributed by atoms with van der Waals surface area (Å²) in [6.07, 6.45) is 4.99.